The van der Waals surface area contributed by atoms with Crippen molar-refractivity contribution in [2.24, 2.45) is 17.6 Å². The molecule has 2 unspecified atom stereocenters. The van der Waals surface area contributed by atoms with Crippen LogP contribution in [0.3, 0.4) is 0 Å². The van der Waals surface area contributed by atoms with Crippen molar-refractivity contribution >= 4 is 5.91 Å². The Morgan fingerprint density at radius 1 is 1.22 bits per heavy atom. The smallest absolute Gasteiger partial charge is 0.227 e. The molecule has 0 bridgehead atoms. The summed E-state index contributed by atoms with van der Waals surface area (Å²) in [4.78, 5) is 12.1. The van der Waals surface area contributed by atoms with Gasteiger partial charge >= 0.3 is 0 Å². The summed E-state index contributed by atoms with van der Waals surface area (Å²) in [6.45, 7) is 3.12. The first-order chi connectivity index (χ1) is 8.68. The predicted octanol–water partition coefficient (Wildman–Crippen LogP) is 1.44. The molecule has 2 fully saturated rings. The maximum atomic E-state index is 12.1. The van der Waals surface area contributed by atoms with Crippen LogP contribution in [0.1, 0.15) is 45.4 Å². The third-order valence-electron chi connectivity index (χ3n) is 4.44. The van der Waals surface area contributed by atoms with E-state index in [1.165, 1.54) is 38.5 Å². The molecular weight excluding hydrogens is 228 g/mol. The third kappa shape index (κ3) is 3.45. The van der Waals surface area contributed by atoms with Crippen molar-refractivity contribution in [2.75, 3.05) is 13.2 Å². The van der Waals surface area contributed by atoms with E-state index in [1.54, 1.807) is 0 Å². The van der Waals surface area contributed by atoms with Crippen LogP contribution in [0.4, 0.5) is 0 Å². The molecule has 0 radical (unpaired) electrons. The summed E-state index contributed by atoms with van der Waals surface area (Å²) in [6.07, 6.45) is 7.79. The number of carbonyl (C=O) groups is 1. The molecule has 0 aromatic carbocycles. The van der Waals surface area contributed by atoms with E-state index >= 15 is 0 Å². The molecule has 0 aromatic rings. The Morgan fingerprint density at radius 3 is 2.44 bits per heavy atom. The van der Waals surface area contributed by atoms with Crippen LogP contribution in [0.15, 0.2) is 0 Å². The van der Waals surface area contributed by atoms with Gasteiger partial charge in [-0.15, -0.1) is 0 Å². The topological polar surface area (TPSA) is 64.3 Å². The third-order valence-corrected chi connectivity index (χ3v) is 4.44. The Morgan fingerprint density at radius 2 is 1.89 bits per heavy atom. The van der Waals surface area contributed by atoms with Crippen LogP contribution in [0.2, 0.25) is 0 Å². The molecule has 4 nitrogen and oxygen atoms in total. The maximum absolute atomic E-state index is 12.1. The highest BCUT2D eigenvalue weighted by Crippen LogP contribution is 2.25. The van der Waals surface area contributed by atoms with Crippen molar-refractivity contribution in [3.05, 3.63) is 0 Å². The fourth-order valence-corrected chi connectivity index (χ4v) is 3.10. The largest absolute Gasteiger partial charge is 0.379 e. The Kier molecular flexibility index (Phi) is 5.01. The monoisotopic (exact) mass is 254 g/mol. The number of ether oxygens (including phenoxy) is 1. The lowest BCUT2D eigenvalue weighted by atomic mass is 9.92. The number of rotatable bonds is 3. The van der Waals surface area contributed by atoms with Gasteiger partial charge in [-0.25, -0.2) is 0 Å². The fourth-order valence-electron chi connectivity index (χ4n) is 3.10. The van der Waals surface area contributed by atoms with Gasteiger partial charge in [0.25, 0.3) is 0 Å². The predicted molar refractivity (Wildman–Crippen MR) is 71.1 cm³/mol. The van der Waals surface area contributed by atoms with E-state index in [0.29, 0.717) is 19.1 Å². The maximum Gasteiger partial charge on any atom is 0.227 e. The minimum absolute atomic E-state index is 0.0803. The summed E-state index contributed by atoms with van der Waals surface area (Å²) in [7, 11) is 0. The Bertz CT molecular complexity index is 275. The molecule has 3 atom stereocenters. The fraction of sp³-hybridized carbons (Fsp3) is 0.929. The van der Waals surface area contributed by atoms with E-state index in [-0.39, 0.29) is 23.9 Å². The van der Waals surface area contributed by atoms with Crippen molar-refractivity contribution in [3.63, 3.8) is 0 Å². The highest BCUT2D eigenvalue weighted by atomic mass is 16.5. The van der Waals surface area contributed by atoms with Crippen LogP contribution in [-0.2, 0) is 9.53 Å². The quantitative estimate of drug-likeness (QED) is 0.749. The lowest BCUT2D eigenvalue weighted by Gasteiger charge is -2.25. The number of nitrogens with one attached hydrogen (secondary N) is 1. The van der Waals surface area contributed by atoms with E-state index in [0.717, 1.165) is 0 Å². The summed E-state index contributed by atoms with van der Waals surface area (Å²) in [5, 5.41) is 3.15. The number of nitrogens with two attached hydrogens (primary N) is 1. The van der Waals surface area contributed by atoms with E-state index in [9.17, 15) is 4.79 Å². The van der Waals surface area contributed by atoms with Crippen molar-refractivity contribution in [1.29, 1.82) is 0 Å². The number of carbonyl (C=O) groups excluding carboxylic acids is 1. The molecule has 1 aliphatic carbocycles. The standard InChI is InChI=1S/C14H26N2O2/c1-10(11-6-4-2-3-5-7-11)16-14(17)12-8-18-9-13(12)15/h10-13H,2-9,15H2,1H3,(H,16,17)/t10-,12?,13?/m1/s1. The van der Waals surface area contributed by atoms with Gasteiger partial charge in [-0.1, -0.05) is 25.7 Å². The second-order valence-electron chi connectivity index (χ2n) is 5.86. The minimum atomic E-state index is -0.154. The van der Waals surface area contributed by atoms with Crippen LogP contribution in [0, 0.1) is 11.8 Å². The first-order valence-electron chi connectivity index (χ1n) is 7.32. The first kappa shape index (κ1) is 13.8. The van der Waals surface area contributed by atoms with E-state index in [4.69, 9.17) is 10.5 Å². The molecule has 1 aliphatic heterocycles. The zero-order chi connectivity index (χ0) is 13.0. The van der Waals surface area contributed by atoms with Gasteiger partial charge in [-0.05, 0) is 25.7 Å². The molecule has 0 aromatic heterocycles. The molecule has 18 heavy (non-hydrogen) atoms. The molecule has 3 N–H and O–H groups in total. The molecule has 4 heteroatoms. The van der Waals surface area contributed by atoms with Crippen LogP contribution >= 0.6 is 0 Å². The van der Waals surface area contributed by atoms with Crippen LogP contribution < -0.4 is 11.1 Å². The first-order valence-corrected chi connectivity index (χ1v) is 7.32. The van der Waals surface area contributed by atoms with Gasteiger partial charge < -0.3 is 15.8 Å². The van der Waals surface area contributed by atoms with Crippen molar-refractivity contribution in [3.8, 4) is 0 Å². The number of hydrogen-bond acceptors (Lipinski definition) is 3. The Hall–Kier alpha value is -0.610. The van der Waals surface area contributed by atoms with Gasteiger partial charge in [0.2, 0.25) is 5.91 Å². The molecular formula is C14H26N2O2. The zero-order valence-electron chi connectivity index (χ0n) is 11.4. The van der Waals surface area contributed by atoms with E-state index < -0.39 is 0 Å². The molecule has 1 saturated heterocycles. The van der Waals surface area contributed by atoms with Crippen LogP contribution in [0.5, 0.6) is 0 Å². The zero-order valence-corrected chi connectivity index (χ0v) is 11.4. The lowest BCUT2D eigenvalue weighted by Crippen LogP contribution is -2.46. The average Bonchev–Trinajstić information content (AvgIpc) is 2.63. The highest BCUT2D eigenvalue weighted by molar-refractivity contribution is 5.80. The molecule has 2 aliphatic rings. The summed E-state index contributed by atoms with van der Waals surface area (Å²) in [5.41, 5.74) is 5.87. The van der Waals surface area contributed by atoms with Crippen molar-refractivity contribution in [2.45, 2.75) is 57.5 Å². The summed E-state index contributed by atoms with van der Waals surface area (Å²) in [6, 6.07) is 0.134. The van der Waals surface area contributed by atoms with Gasteiger partial charge in [-0.2, -0.15) is 0 Å². The van der Waals surface area contributed by atoms with Crippen molar-refractivity contribution < 1.29 is 9.53 Å². The normalized spacial score (nSPS) is 31.9. The second kappa shape index (κ2) is 6.53. The molecule has 2 rings (SSSR count). The Balaban J connectivity index is 1.82. The van der Waals surface area contributed by atoms with Gasteiger partial charge in [0.1, 0.15) is 0 Å². The van der Waals surface area contributed by atoms with Gasteiger partial charge in [0, 0.05) is 12.1 Å². The van der Waals surface area contributed by atoms with Gasteiger partial charge in [0.05, 0.1) is 19.1 Å². The molecule has 1 amide bonds. The van der Waals surface area contributed by atoms with Gasteiger partial charge in [-0.3, -0.25) is 4.79 Å². The summed E-state index contributed by atoms with van der Waals surface area (Å²) < 4.78 is 5.25. The van der Waals surface area contributed by atoms with Crippen molar-refractivity contribution in [1.82, 2.24) is 5.32 Å². The number of hydrogen-bond donors (Lipinski definition) is 2. The summed E-state index contributed by atoms with van der Waals surface area (Å²) in [5.74, 6) is 0.560. The molecule has 0 spiro atoms. The minimum Gasteiger partial charge on any atom is -0.379 e. The average molecular weight is 254 g/mol. The van der Waals surface area contributed by atoms with E-state index in [1.807, 2.05) is 0 Å². The van der Waals surface area contributed by atoms with Crippen LogP contribution in [-0.4, -0.2) is 31.2 Å². The highest BCUT2D eigenvalue weighted by Gasteiger charge is 2.32. The molecule has 1 heterocycles. The molecule has 104 valence electrons. The second-order valence-corrected chi connectivity index (χ2v) is 5.86. The SMILES string of the molecule is C[C@@H](NC(=O)C1COCC1N)C1CCCCCC1. The molecule has 1 saturated carbocycles. The summed E-state index contributed by atoms with van der Waals surface area (Å²) >= 11 is 0. The lowest BCUT2D eigenvalue weighted by molar-refractivity contribution is -0.126. The Labute approximate surface area is 110 Å². The van der Waals surface area contributed by atoms with E-state index in [2.05, 4.69) is 12.2 Å². The number of amides is 1. The van der Waals surface area contributed by atoms with Crippen LogP contribution in [0.25, 0.3) is 0 Å². The van der Waals surface area contributed by atoms with Gasteiger partial charge in [0.15, 0.2) is 0 Å².